The van der Waals surface area contributed by atoms with E-state index in [0.29, 0.717) is 11.9 Å². The lowest BCUT2D eigenvalue weighted by Crippen LogP contribution is -2.17. The molecule has 1 aromatic carbocycles. The zero-order valence-electron chi connectivity index (χ0n) is 9.42. The van der Waals surface area contributed by atoms with Gasteiger partial charge in [-0.25, -0.2) is 4.79 Å². The lowest BCUT2D eigenvalue weighted by atomic mass is 10.1. The van der Waals surface area contributed by atoms with Gasteiger partial charge in [0, 0.05) is 17.6 Å². The van der Waals surface area contributed by atoms with Crippen LogP contribution < -0.4 is 5.73 Å². The number of aromatic hydroxyl groups is 1. The highest BCUT2D eigenvalue weighted by Gasteiger charge is 2.13. The highest BCUT2D eigenvalue weighted by molar-refractivity contribution is 5.92. The van der Waals surface area contributed by atoms with Crippen LogP contribution in [0.5, 0.6) is 5.75 Å². The van der Waals surface area contributed by atoms with Gasteiger partial charge in [0.1, 0.15) is 5.75 Å². The predicted octanol–water partition coefficient (Wildman–Crippen LogP) is 1.76. The molecule has 90 valence electrons. The van der Waals surface area contributed by atoms with Crippen molar-refractivity contribution in [3.63, 3.8) is 0 Å². The van der Waals surface area contributed by atoms with Crippen LogP contribution in [0.1, 0.15) is 12.5 Å². The van der Waals surface area contributed by atoms with Crippen molar-refractivity contribution in [1.29, 1.82) is 0 Å². The molecule has 2 aromatic rings. The van der Waals surface area contributed by atoms with Crippen molar-refractivity contribution >= 4 is 17.0 Å². The van der Waals surface area contributed by atoms with Gasteiger partial charge in [-0.3, -0.25) is 4.57 Å². The van der Waals surface area contributed by atoms with Crippen LogP contribution in [0.4, 0.5) is 4.79 Å². The molecule has 0 aliphatic rings. The SMILES string of the molecule is C[C@@H](N)Cc1cn(C(=O)O)c2ccc(O)cc12. The summed E-state index contributed by atoms with van der Waals surface area (Å²) in [5, 5.41) is 19.2. The zero-order valence-corrected chi connectivity index (χ0v) is 9.42. The minimum Gasteiger partial charge on any atom is -0.508 e. The van der Waals surface area contributed by atoms with Gasteiger partial charge in [0.15, 0.2) is 0 Å². The Morgan fingerprint density at radius 2 is 2.24 bits per heavy atom. The molecule has 0 unspecified atom stereocenters. The number of carboxylic acid groups (broad SMARTS) is 1. The average Bonchev–Trinajstić information content (AvgIpc) is 2.56. The quantitative estimate of drug-likeness (QED) is 0.738. The van der Waals surface area contributed by atoms with Crippen molar-refractivity contribution < 1.29 is 15.0 Å². The van der Waals surface area contributed by atoms with Crippen LogP contribution in [0.2, 0.25) is 0 Å². The first-order chi connectivity index (χ1) is 7.99. The van der Waals surface area contributed by atoms with Crippen LogP contribution in [0, 0.1) is 0 Å². The molecule has 0 fully saturated rings. The van der Waals surface area contributed by atoms with Crippen molar-refractivity contribution in [2.24, 2.45) is 5.73 Å². The third-order valence-corrected chi connectivity index (χ3v) is 2.62. The average molecular weight is 234 g/mol. The maximum atomic E-state index is 11.1. The minimum absolute atomic E-state index is 0.0646. The lowest BCUT2D eigenvalue weighted by molar-refractivity contribution is 0.197. The van der Waals surface area contributed by atoms with Crippen molar-refractivity contribution in [2.75, 3.05) is 0 Å². The molecule has 0 saturated heterocycles. The van der Waals surface area contributed by atoms with Crippen LogP contribution in [0.3, 0.4) is 0 Å². The summed E-state index contributed by atoms with van der Waals surface area (Å²) in [7, 11) is 0. The Bertz CT molecular complexity index is 572. The number of rotatable bonds is 2. The second-order valence-electron chi connectivity index (χ2n) is 4.19. The number of phenols is 1. The Labute approximate surface area is 98.1 Å². The van der Waals surface area contributed by atoms with E-state index in [1.165, 1.54) is 6.07 Å². The second kappa shape index (κ2) is 4.10. The number of carbonyl (C=O) groups is 1. The summed E-state index contributed by atoms with van der Waals surface area (Å²) < 4.78 is 1.15. The van der Waals surface area contributed by atoms with Gasteiger partial charge in [-0.05, 0) is 37.1 Å². The van der Waals surface area contributed by atoms with Crippen molar-refractivity contribution in [1.82, 2.24) is 4.57 Å². The molecular formula is C12H14N2O3. The van der Waals surface area contributed by atoms with E-state index in [9.17, 15) is 9.90 Å². The van der Waals surface area contributed by atoms with Gasteiger partial charge in [-0.15, -0.1) is 0 Å². The van der Waals surface area contributed by atoms with E-state index in [0.717, 1.165) is 15.5 Å². The maximum absolute atomic E-state index is 11.1. The van der Waals surface area contributed by atoms with Crippen LogP contribution in [-0.2, 0) is 6.42 Å². The standard InChI is InChI=1S/C12H14N2O3/c1-7(13)4-8-6-14(12(16)17)11-3-2-9(15)5-10(8)11/h2-3,5-7,15H,4,13H2,1H3,(H,16,17)/t7-/m1/s1. The van der Waals surface area contributed by atoms with Gasteiger partial charge in [-0.2, -0.15) is 0 Å². The molecule has 0 spiro atoms. The number of aromatic nitrogens is 1. The molecule has 2 rings (SSSR count). The Balaban J connectivity index is 2.66. The summed E-state index contributed by atoms with van der Waals surface area (Å²) >= 11 is 0. The van der Waals surface area contributed by atoms with Crippen LogP contribution in [0.15, 0.2) is 24.4 Å². The second-order valence-corrected chi connectivity index (χ2v) is 4.19. The van der Waals surface area contributed by atoms with Gasteiger partial charge in [-0.1, -0.05) is 0 Å². The number of fused-ring (bicyclic) bond motifs is 1. The Hall–Kier alpha value is -2.01. The molecule has 0 amide bonds. The lowest BCUT2D eigenvalue weighted by Gasteiger charge is -2.02. The summed E-state index contributed by atoms with van der Waals surface area (Å²) in [4.78, 5) is 11.1. The molecule has 0 bridgehead atoms. The summed E-state index contributed by atoms with van der Waals surface area (Å²) in [6.45, 7) is 1.85. The van der Waals surface area contributed by atoms with E-state index in [1.54, 1.807) is 18.3 Å². The molecule has 5 heteroatoms. The molecule has 0 aliphatic heterocycles. The van der Waals surface area contributed by atoms with E-state index in [2.05, 4.69) is 0 Å². The molecule has 0 saturated carbocycles. The Morgan fingerprint density at radius 3 is 2.82 bits per heavy atom. The minimum atomic E-state index is -1.04. The monoisotopic (exact) mass is 234 g/mol. The van der Waals surface area contributed by atoms with Crippen LogP contribution >= 0.6 is 0 Å². The van der Waals surface area contributed by atoms with Gasteiger partial charge >= 0.3 is 6.09 Å². The number of nitrogens with two attached hydrogens (primary N) is 1. The van der Waals surface area contributed by atoms with E-state index in [1.807, 2.05) is 6.92 Å². The van der Waals surface area contributed by atoms with Gasteiger partial charge < -0.3 is 15.9 Å². The molecule has 1 aromatic heterocycles. The Morgan fingerprint density at radius 1 is 1.53 bits per heavy atom. The number of hydrogen-bond donors (Lipinski definition) is 3. The topological polar surface area (TPSA) is 88.5 Å². The fourth-order valence-electron chi connectivity index (χ4n) is 1.95. The largest absolute Gasteiger partial charge is 0.508 e. The molecule has 5 nitrogen and oxygen atoms in total. The molecule has 1 heterocycles. The zero-order chi connectivity index (χ0) is 12.6. The molecule has 17 heavy (non-hydrogen) atoms. The van der Waals surface area contributed by atoms with E-state index in [-0.39, 0.29) is 11.8 Å². The first-order valence-corrected chi connectivity index (χ1v) is 5.31. The van der Waals surface area contributed by atoms with Gasteiger partial charge in [0.25, 0.3) is 0 Å². The number of benzene rings is 1. The summed E-state index contributed by atoms with van der Waals surface area (Å²) in [6, 6.07) is 4.55. The molecule has 1 atom stereocenters. The van der Waals surface area contributed by atoms with Crippen molar-refractivity contribution in [2.45, 2.75) is 19.4 Å². The summed E-state index contributed by atoms with van der Waals surface area (Å²) in [5.74, 6) is 0.117. The number of phenolic OH excluding ortho intramolecular Hbond substituents is 1. The third kappa shape index (κ3) is 2.09. The van der Waals surface area contributed by atoms with E-state index < -0.39 is 6.09 Å². The summed E-state index contributed by atoms with van der Waals surface area (Å²) in [5.41, 5.74) is 7.11. The van der Waals surface area contributed by atoms with E-state index in [4.69, 9.17) is 10.8 Å². The van der Waals surface area contributed by atoms with Crippen molar-refractivity contribution in [3.05, 3.63) is 30.0 Å². The highest BCUT2D eigenvalue weighted by atomic mass is 16.4. The fraction of sp³-hybridized carbons (Fsp3) is 0.250. The van der Waals surface area contributed by atoms with Crippen molar-refractivity contribution in [3.8, 4) is 5.75 Å². The third-order valence-electron chi connectivity index (χ3n) is 2.62. The number of hydrogen-bond acceptors (Lipinski definition) is 3. The van der Waals surface area contributed by atoms with E-state index >= 15 is 0 Å². The van der Waals surface area contributed by atoms with Crippen LogP contribution in [-0.4, -0.2) is 26.9 Å². The fourth-order valence-corrected chi connectivity index (χ4v) is 1.95. The first-order valence-electron chi connectivity index (χ1n) is 5.31. The molecule has 0 aliphatic carbocycles. The predicted molar refractivity (Wildman–Crippen MR) is 64.4 cm³/mol. The first kappa shape index (κ1) is 11.5. The smallest absolute Gasteiger partial charge is 0.416 e. The molecule has 0 radical (unpaired) electrons. The maximum Gasteiger partial charge on any atom is 0.416 e. The van der Waals surface area contributed by atoms with Gasteiger partial charge in [0.2, 0.25) is 0 Å². The van der Waals surface area contributed by atoms with Gasteiger partial charge in [0.05, 0.1) is 5.52 Å². The highest BCUT2D eigenvalue weighted by Crippen LogP contribution is 2.26. The molecule has 4 N–H and O–H groups in total. The summed E-state index contributed by atoms with van der Waals surface area (Å²) in [6.07, 6.45) is 1.08. The molecular weight excluding hydrogens is 220 g/mol. The van der Waals surface area contributed by atoms with Crippen LogP contribution in [0.25, 0.3) is 10.9 Å². The Kier molecular flexibility index (Phi) is 2.77. The number of nitrogens with zero attached hydrogens (tertiary/aromatic N) is 1. The normalized spacial score (nSPS) is 12.8.